The zero-order chi connectivity index (χ0) is 26.3. The Morgan fingerprint density at radius 3 is 2.17 bits per heavy atom. The van der Waals surface area contributed by atoms with Gasteiger partial charge in [0, 0.05) is 18.6 Å². The van der Waals surface area contributed by atoms with Crippen LogP contribution in [0.4, 0.5) is 5.69 Å². The number of amides is 2. The second-order valence-electron chi connectivity index (χ2n) is 7.93. The molecule has 2 amide bonds. The Kier molecular flexibility index (Phi) is 8.95. The van der Waals surface area contributed by atoms with Crippen LogP contribution in [-0.2, 0) is 26.2 Å². The fourth-order valence-electron chi connectivity index (χ4n) is 3.60. The first kappa shape index (κ1) is 27.0. The number of nitrogens with zero attached hydrogens (tertiary/aromatic N) is 2. The van der Waals surface area contributed by atoms with Crippen LogP contribution in [-0.4, -0.2) is 51.9 Å². The molecule has 0 fully saturated rings. The van der Waals surface area contributed by atoms with E-state index in [9.17, 15) is 18.0 Å². The summed E-state index contributed by atoms with van der Waals surface area (Å²) < 4.78 is 33.5. The van der Waals surface area contributed by atoms with Crippen molar-refractivity contribution in [3.05, 3.63) is 89.4 Å². The van der Waals surface area contributed by atoms with Crippen LogP contribution < -0.4 is 14.4 Å². The molecule has 1 N–H and O–H groups in total. The average molecular weight is 530 g/mol. The molecular weight excluding hydrogens is 502 g/mol. The van der Waals surface area contributed by atoms with E-state index in [1.165, 1.54) is 31.2 Å². The number of halogens is 1. The van der Waals surface area contributed by atoms with Gasteiger partial charge in [-0.3, -0.25) is 13.9 Å². The van der Waals surface area contributed by atoms with Crippen molar-refractivity contribution in [3.63, 3.8) is 0 Å². The summed E-state index contributed by atoms with van der Waals surface area (Å²) in [6.07, 6.45) is 0. The van der Waals surface area contributed by atoms with Gasteiger partial charge in [-0.05, 0) is 55.0 Å². The number of nitrogens with one attached hydrogen (secondary N) is 1. The summed E-state index contributed by atoms with van der Waals surface area (Å²) in [7, 11) is -1.14. The Morgan fingerprint density at radius 1 is 0.972 bits per heavy atom. The topological polar surface area (TPSA) is 96.0 Å². The third-order valence-corrected chi connectivity index (χ3v) is 7.84. The molecule has 0 aliphatic carbocycles. The highest BCUT2D eigenvalue weighted by Gasteiger charge is 2.32. The number of carbonyl (C=O) groups is 2. The van der Waals surface area contributed by atoms with Crippen LogP contribution in [0.5, 0.6) is 5.75 Å². The number of methoxy groups -OCH3 is 1. The van der Waals surface area contributed by atoms with Crippen molar-refractivity contribution in [2.45, 2.75) is 24.4 Å². The van der Waals surface area contributed by atoms with E-state index in [2.05, 4.69) is 5.32 Å². The Balaban J connectivity index is 2.03. The zero-order valence-electron chi connectivity index (χ0n) is 20.2. The van der Waals surface area contributed by atoms with Crippen molar-refractivity contribution in [1.29, 1.82) is 0 Å². The molecule has 0 aliphatic rings. The maximum Gasteiger partial charge on any atom is 0.264 e. The molecule has 36 heavy (non-hydrogen) atoms. The van der Waals surface area contributed by atoms with Gasteiger partial charge in [-0.2, -0.15) is 0 Å². The fourth-order valence-corrected chi connectivity index (χ4v) is 5.23. The van der Waals surface area contributed by atoms with Crippen LogP contribution in [0.3, 0.4) is 0 Å². The van der Waals surface area contributed by atoms with E-state index < -0.39 is 34.4 Å². The average Bonchev–Trinajstić information content (AvgIpc) is 2.90. The normalized spacial score (nSPS) is 11.9. The summed E-state index contributed by atoms with van der Waals surface area (Å²) in [5.74, 6) is -0.422. The lowest BCUT2D eigenvalue weighted by Crippen LogP contribution is -2.50. The van der Waals surface area contributed by atoms with Crippen molar-refractivity contribution in [2.75, 3.05) is 25.0 Å². The molecule has 3 aromatic rings. The molecular formula is C26H28ClN3O5S. The quantitative estimate of drug-likeness (QED) is 0.432. The van der Waals surface area contributed by atoms with Gasteiger partial charge in [0.25, 0.3) is 10.0 Å². The van der Waals surface area contributed by atoms with Gasteiger partial charge < -0.3 is 15.0 Å². The summed E-state index contributed by atoms with van der Waals surface area (Å²) in [4.78, 5) is 27.5. The lowest BCUT2D eigenvalue weighted by Gasteiger charge is -2.32. The number of hydrogen-bond donors (Lipinski definition) is 1. The summed E-state index contributed by atoms with van der Waals surface area (Å²) >= 11 is 6.32. The number of likely N-dealkylation sites (N-methyl/N-ethyl adjacent to an activating group) is 1. The summed E-state index contributed by atoms with van der Waals surface area (Å²) in [6.45, 7) is 1.07. The molecule has 0 bridgehead atoms. The van der Waals surface area contributed by atoms with Gasteiger partial charge in [0.15, 0.2) is 0 Å². The first-order valence-corrected chi connectivity index (χ1v) is 13.0. The van der Waals surface area contributed by atoms with E-state index >= 15 is 0 Å². The minimum Gasteiger partial charge on any atom is -0.497 e. The number of rotatable bonds is 10. The molecule has 0 saturated heterocycles. The van der Waals surface area contributed by atoms with E-state index in [-0.39, 0.29) is 17.1 Å². The van der Waals surface area contributed by atoms with E-state index in [0.717, 1.165) is 4.31 Å². The molecule has 0 unspecified atom stereocenters. The van der Waals surface area contributed by atoms with Gasteiger partial charge in [-0.25, -0.2) is 8.42 Å². The lowest BCUT2D eigenvalue weighted by molar-refractivity contribution is -0.139. The van der Waals surface area contributed by atoms with Crippen LogP contribution in [0.15, 0.2) is 83.8 Å². The Hall–Kier alpha value is -3.56. The molecule has 190 valence electrons. The zero-order valence-corrected chi connectivity index (χ0v) is 21.8. The lowest BCUT2D eigenvalue weighted by atomic mass is 10.1. The first-order valence-electron chi connectivity index (χ1n) is 11.2. The number of hydrogen-bond acceptors (Lipinski definition) is 5. The Morgan fingerprint density at radius 2 is 1.58 bits per heavy atom. The molecule has 8 nitrogen and oxygen atoms in total. The highest BCUT2D eigenvalue weighted by molar-refractivity contribution is 7.92. The smallest absolute Gasteiger partial charge is 0.264 e. The van der Waals surface area contributed by atoms with Crippen LogP contribution >= 0.6 is 11.6 Å². The minimum absolute atomic E-state index is 0.0227. The Bertz CT molecular complexity index is 1300. The Labute approximate surface area is 216 Å². The number of carbonyl (C=O) groups excluding carboxylic acids is 2. The van der Waals surface area contributed by atoms with Gasteiger partial charge in [0.05, 0.1) is 17.7 Å². The standard InChI is InChI=1S/C26H28ClN3O5S/c1-19(26(32)28-2)29(17-20-9-7-8-12-24(20)27)25(31)18-30(21-13-15-22(35-3)16-14-21)36(33,34)23-10-5-4-6-11-23/h4-16,19H,17-18H2,1-3H3,(H,28,32)/t19-/m1/s1. The van der Waals surface area contributed by atoms with Gasteiger partial charge in [0.2, 0.25) is 11.8 Å². The molecule has 0 radical (unpaired) electrons. The van der Waals surface area contributed by atoms with Gasteiger partial charge in [-0.1, -0.05) is 48.0 Å². The maximum absolute atomic E-state index is 13.7. The van der Waals surface area contributed by atoms with Gasteiger partial charge in [0.1, 0.15) is 18.3 Å². The van der Waals surface area contributed by atoms with E-state index in [1.54, 1.807) is 73.7 Å². The van der Waals surface area contributed by atoms with Gasteiger partial charge >= 0.3 is 0 Å². The predicted octanol–water partition coefficient (Wildman–Crippen LogP) is 3.71. The molecule has 10 heteroatoms. The van der Waals surface area contributed by atoms with Crippen molar-refractivity contribution in [1.82, 2.24) is 10.2 Å². The molecule has 3 rings (SSSR count). The third kappa shape index (κ3) is 6.16. The van der Waals surface area contributed by atoms with Gasteiger partial charge in [-0.15, -0.1) is 0 Å². The minimum atomic E-state index is -4.12. The molecule has 0 heterocycles. The highest BCUT2D eigenvalue weighted by atomic mass is 35.5. The fraction of sp³-hybridized carbons (Fsp3) is 0.231. The first-order chi connectivity index (χ1) is 17.2. The molecule has 3 aromatic carbocycles. The van der Waals surface area contributed by atoms with Crippen LogP contribution in [0.1, 0.15) is 12.5 Å². The molecule has 0 spiro atoms. The largest absolute Gasteiger partial charge is 0.497 e. The highest BCUT2D eigenvalue weighted by Crippen LogP contribution is 2.27. The van der Waals surface area contributed by atoms with Crippen molar-refractivity contribution < 1.29 is 22.7 Å². The number of sulfonamides is 1. The SMILES string of the molecule is CNC(=O)[C@@H](C)N(Cc1ccccc1Cl)C(=O)CN(c1ccc(OC)cc1)S(=O)(=O)c1ccccc1. The summed E-state index contributed by atoms with van der Waals surface area (Å²) in [5.41, 5.74) is 0.906. The molecule has 0 aliphatic heterocycles. The number of anilines is 1. The maximum atomic E-state index is 13.7. The molecule has 0 saturated carbocycles. The van der Waals surface area contributed by atoms with Crippen LogP contribution in [0, 0.1) is 0 Å². The third-order valence-electron chi connectivity index (χ3n) is 5.68. The van der Waals surface area contributed by atoms with Crippen LogP contribution in [0.25, 0.3) is 0 Å². The van der Waals surface area contributed by atoms with Crippen molar-refractivity contribution >= 4 is 39.1 Å². The van der Waals surface area contributed by atoms with Crippen molar-refractivity contribution in [3.8, 4) is 5.75 Å². The molecule has 0 aromatic heterocycles. The van der Waals surface area contributed by atoms with E-state index in [0.29, 0.717) is 16.3 Å². The monoisotopic (exact) mass is 529 g/mol. The van der Waals surface area contributed by atoms with Crippen molar-refractivity contribution in [2.24, 2.45) is 0 Å². The number of ether oxygens (including phenoxy) is 1. The predicted molar refractivity (Wildman–Crippen MR) is 139 cm³/mol. The summed E-state index contributed by atoms with van der Waals surface area (Å²) in [6, 6.07) is 20.3. The number of benzene rings is 3. The molecule has 1 atom stereocenters. The van der Waals surface area contributed by atoms with E-state index in [4.69, 9.17) is 16.3 Å². The summed E-state index contributed by atoms with van der Waals surface area (Å²) in [5, 5.41) is 2.98. The second kappa shape index (κ2) is 11.9. The van der Waals surface area contributed by atoms with E-state index in [1.807, 2.05) is 0 Å². The second-order valence-corrected chi connectivity index (χ2v) is 10.2. The van der Waals surface area contributed by atoms with Crippen LogP contribution in [0.2, 0.25) is 5.02 Å².